The maximum atomic E-state index is 11.6. The van der Waals surface area contributed by atoms with Gasteiger partial charge in [-0.15, -0.1) is 0 Å². The smallest absolute Gasteiger partial charge is 0.243 e. The molecule has 0 aromatic carbocycles. The number of rotatable bonds is 2. The molecule has 0 aliphatic carbocycles. The van der Waals surface area contributed by atoms with E-state index in [4.69, 9.17) is 0 Å². The summed E-state index contributed by atoms with van der Waals surface area (Å²) < 4.78 is 0. The topological polar surface area (TPSA) is 32.7 Å². The summed E-state index contributed by atoms with van der Waals surface area (Å²) in [5, 5.41) is 5.90. The molecule has 0 radical (unpaired) electrons. The Morgan fingerprint density at radius 2 is 2.23 bits per heavy atom. The van der Waals surface area contributed by atoms with E-state index in [2.05, 4.69) is 18.9 Å². The number of nitrogens with zero attached hydrogens (tertiary/aromatic N) is 2. The van der Waals surface area contributed by atoms with Gasteiger partial charge in [0.05, 0.1) is 5.54 Å². The van der Waals surface area contributed by atoms with E-state index < -0.39 is 0 Å². The van der Waals surface area contributed by atoms with Gasteiger partial charge in [0.1, 0.15) is 0 Å². The second-order valence-corrected chi connectivity index (χ2v) is 4.28. The highest BCUT2D eigenvalue weighted by atomic mass is 16.2. The van der Waals surface area contributed by atoms with Gasteiger partial charge < -0.3 is 0 Å². The minimum atomic E-state index is -0.115. The Hall–Kier alpha value is -0.860. The van der Waals surface area contributed by atoms with Crippen LogP contribution in [0.2, 0.25) is 0 Å². The Morgan fingerprint density at radius 1 is 1.62 bits per heavy atom. The molecule has 0 aromatic rings. The minimum absolute atomic E-state index is 0.115. The van der Waals surface area contributed by atoms with E-state index in [1.54, 1.807) is 5.01 Å². The number of carbonyl (C=O) groups excluding carboxylic acids is 1. The highest BCUT2D eigenvalue weighted by Crippen LogP contribution is 2.27. The van der Waals surface area contributed by atoms with Gasteiger partial charge in [-0.05, 0) is 27.2 Å². The molecule has 0 N–H and O–H groups in total. The minimum Gasteiger partial charge on any atom is -0.273 e. The Kier molecular flexibility index (Phi) is 2.74. The largest absolute Gasteiger partial charge is 0.273 e. The van der Waals surface area contributed by atoms with Crippen LogP contribution in [0, 0.1) is 0 Å². The summed E-state index contributed by atoms with van der Waals surface area (Å²) in [6.07, 6.45) is 2.38. The summed E-state index contributed by atoms with van der Waals surface area (Å²) in [5.74, 6) is 0.143. The van der Waals surface area contributed by atoms with Crippen molar-refractivity contribution in [1.82, 2.24) is 5.01 Å². The van der Waals surface area contributed by atoms with Gasteiger partial charge in [-0.25, -0.2) is 5.01 Å². The van der Waals surface area contributed by atoms with Crippen LogP contribution in [0.25, 0.3) is 0 Å². The lowest BCUT2D eigenvalue weighted by Crippen LogP contribution is -2.40. The molecule has 74 valence electrons. The summed E-state index contributed by atoms with van der Waals surface area (Å²) >= 11 is 0. The predicted octanol–water partition coefficient (Wildman–Crippen LogP) is 2.17. The molecule has 1 aliphatic heterocycles. The van der Waals surface area contributed by atoms with Crippen molar-refractivity contribution in [3.63, 3.8) is 0 Å². The van der Waals surface area contributed by atoms with Gasteiger partial charge in [0.15, 0.2) is 0 Å². The third-order valence-corrected chi connectivity index (χ3v) is 2.23. The molecule has 0 saturated heterocycles. The predicted molar refractivity (Wildman–Crippen MR) is 53.6 cm³/mol. The van der Waals surface area contributed by atoms with Crippen molar-refractivity contribution in [2.45, 2.75) is 52.5 Å². The summed E-state index contributed by atoms with van der Waals surface area (Å²) in [6.45, 7) is 8.10. The van der Waals surface area contributed by atoms with Crippen LogP contribution in [0.5, 0.6) is 0 Å². The summed E-state index contributed by atoms with van der Waals surface area (Å²) in [7, 11) is 0. The van der Waals surface area contributed by atoms with Crippen molar-refractivity contribution in [1.29, 1.82) is 0 Å². The number of hydrogen-bond acceptors (Lipinski definition) is 2. The van der Waals surface area contributed by atoms with Crippen LogP contribution in [0.3, 0.4) is 0 Å². The first-order valence-corrected chi connectivity index (χ1v) is 4.84. The standard InChI is InChI=1S/C10H18N2O/c1-5-6-9(13)12-10(3,4)7-8(2)11-12/h5-7H2,1-4H3. The lowest BCUT2D eigenvalue weighted by Gasteiger charge is -2.28. The van der Waals surface area contributed by atoms with Gasteiger partial charge in [-0.3, -0.25) is 4.79 Å². The van der Waals surface area contributed by atoms with Crippen molar-refractivity contribution in [3.05, 3.63) is 0 Å². The molecule has 0 aromatic heterocycles. The molecule has 0 atom stereocenters. The molecule has 1 heterocycles. The molecule has 3 nitrogen and oxygen atoms in total. The molecule has 1 rings (SSSR count). The fourth-order valence-electron chi connectivity index (χ4n) is 1.76. The molecule has 3 heteroatoms. The fourth-order valence-corrected chi connectivity index (χ4v) is 1.76. The molecule has 0 fully saturated rings. The average molecular weight is 182 g/mol. The second kappa shape index (κ2) is 3.48. The van der Waals surface area contributed by atoms with Crippen LogP contribution < -0.4 is 0 Å². The molecular weight excluding hydrogens is 164 g/mol. The van der Waals surface area contributed by atoms with Crippen LogP contribution in [0.15, 0.2) is 5.10 Å². The van der Waals surface area contributed by atoms with Gasteiger partial charge in [0.25, 0.3) is 0 Å². The molecule has 0 spiro atoms. The van der Waals surface area contributed by atoms with Crippen LogP contribution in [-0.2, 0) is 4.79 Å². The van der Waals surface area contributed by atoms with E-state index in [9.17, 15) is 4.79 Å². The van der Waals surface area contributed by atoms with Crippen molar-refractivity contribution in [2.24, 2.45) is 5.10 Å². The first-order valence-electron chi connectivity index (χ1n) is 4.84. The Morgan fingerprint density at radius 3 is 2.62 bits per heavy atom. The molecule has 0 bridgehead atoms. The van der Waals surface area contributed by atoms with E-state index in [1.165, 1.54) is 0 Å². The average Bonchev–Trinajstić information content (AvgIpc) is 2.24. The Labute approximate surface area is 79.8 Å². The molecule has 13 heavy (non-hydrogen) atoms. The summed E-state index contributed by atoms with van der Waals surface area (Å²) in [6, 6.07) is 0. The van der Waals surface area contributed by atoms with Gasteiger partial charge in [0, 0.05) is 18.6 Å². The van der Waals surface area contributed by atoms with Gasteiger partial charge in [-0.2, -0.15) is 5.10 Å². The molecule has 1 aliphatic rings. The summed E-state index contributed by atoms with van der Waals surface area (Å²) in [5.41, 5.74) is 0.936. The lowest BCUT2D eigenvalue weighted by atomic mass is 9.99. The first kappa shape index (κ1) is 10.2. The van der Waals surface area contributed by atoms with Crippen molar-refractivity contribution in [2.75, 3.05) is 0 Å². The monoisotopic (exact) mass is 182 g/mol. The number of amides is 1. The Balaban J connectivity index is 2.73. The highest BCUT2D eigenvalue weighted by molar-refractivity contribution is 5.89. The molecule has 1 amide bonds. The van der Waals surface area contributed by atoms with Crippen LogP contribution in [0.1, 0.15) is 47.0 Å². The lowest BCUT2D eigenvalue weighted by molar-refractivity contribution is -0.135. The van der Waals surface area contributed by atoms with Gasteiger partial charge in [-0.1, -0.05) is 6.92 Å². The van der Waals surface area contributed by atoms with Crippen molar-refractivity contribution >= 4 is 11.6 Å². The third-order valence-electron chi connectivity index (χ3n) is 2.23. The number of carbonyl (C=O) groups is 1. The van der Waals surface area contributed by atoms with Crippen LogP contribution in [0.4, 0.5) is 0 Å². The maximum Gasteiger partial charge on any atom is 0.243 e. The fraction of sp³-hybridized carbons (Fsp3) is 0.800. The Bertz CT molecular complexity index is 243. The zero-order chi connectivity index (χ0) is 10.1. The third kappa shape index (κ3) is 2.08. The molecule has 0 saturated carbocycles. The highest BCUT2D eigenvalue weighted by Gasteiger charge is 2.35. The van der Waals surface area contributed by atoms with Crippen LogP contribution in [-0.4, -0.2) is 22.2 Å². The maximum absolute atomic E-state index is 11.6. The SMILES string of the molecule is CCCC(=O)N1N=C(C)CC1(C)C. The van der Waals surface area contributed by atoms with Crippen LogP contribution >= 0.6 is 0 Å². The number of hydrogen-bond donors (Lipinski definition) is 0. The normalized spacial score (nSPS) is 20.3. The number of hydrazone groups is 1. The van der Waals surface area contributed by atoms with Gasteiger partial charge >= 0.3 is 0 Å². The summed E-state index contributed by atoms with van der Waals surface area (Å²) in [4.78, 5) is 11.6. The quantitative estimate of drug-likeness (QED) is 0.644. The van der Waals surface area contributed by atoms with E-state index >= 15 is 0 Å². The first-order chi connectivity index (χ1) is 5.97. The van der Waals surface area contributed by atoms with E-state index in [1.807, 2.05) is 13.8 Å². The zero-order valence-electron chi connectivity index (χ0n) is 8.92. The molecule has 0 unspecified atom stereocenters. The van der Waals surface area contributed by atoms with E-state index in [0.29, 0.717) is 6.42 Å². The second-order valence-electron chi connectivity index (χ2n) is 4.28. The van der Waals surface area contributed by atoms with Crippen molar-refractivity contribution in [3.8, 4) is 0 Å². The van der Waals surface area contributed by atoms with Gasteiger partial charge in [0.2, 0.25) is 5.91 Å². The zero-order valence-corrected chi connectivity index (χ0v) is 8.92. The van der Waals surface area contributed by atoms with E-state index in [-0.39, 0.29) is 11.4 Å². The van der Waals surface area contributed by atoms with E-state index in [0.717, 1.165) is 18.6 Å². The molecular formula is C10H18N2O. The van der Waals surface area contributed by atoms with Crippen molar-refractivity contribution < 1.29 is 4.79 Å².